The average molecular weight is 214 g/mol. The lowest BCUT2D eigenvalue weighted by atomic mass is 10.2. The Hall–Kier alpha value is -1.10. The first-order valence-corrected chi connectivity index (χ1v) is 5.36. The van der Waals surface area contributed by atoms with Crippen molar-refractivity contribution in [2.24, 2.45) is 0 Å². The van der Waals surface area contributed by atoms with Crippen molar-refractivity contribution in [3.8, 4) is 0 Å². The zero-order chi connectivity index (χ0) is 11.3. The maximum absolute atomic E-state index is 11.3. The molecule has 1 rings (SSSR count). The Bertz CT molecular complexity index is 235. The van der Waals surface area contributed by atoms with Crippen LogP contribution in [0.3, 0.4) is 0 Å². The van der Waals surface area contributed by atoms with Crippen LogP contribution in [0.2, 0.25) is 0 Å². The minimum atomic E-state index is -0.664. The van der Waals surface area contributed by atoms with Crippen molar-refractivity contribution in [3.05, 3.63) is 0 Å². The monoisotopic (exact) mass is 214 g/mol. The number of aliphatic hydroxyl groups is 1. The lowest BCUT2D eigenvalue weighted by molar-refractivity contribution is -0.139. The minimum absolute atomic E-state index is 0.108. The van der Waals surface area contributed by atoms with Gasteiger partial charge in [-0.15, -0.1) is 0 Å². The van der Waals surface area contributed by atoms with Crippen LogP contribution >= 0.6 is 0 Å². The quantitative estimate of drug-likeness (QED) is 0.556. The maximum Gasteiger partial charge on any atom is 0.309 e. The smallest absolute Gasteiger partial charge is 0.309 e. The summed E-state index contributed by atoms with van der Waals surface area (Å²) in [5.74, 6) is -1.26. The predicted molar refractivity (Wildman–Crippen MR) is 55.1 cm³/mol. The van der Waals surface area contributed by atoms with E-state index in [1.54, 1.807) is 6.92 Å². The molecule has 1 fully saturated rings. The summed E-state index contributed by atoms with van der Waals surface area (Å²) >= 11 is 0. The Labute approximate surface area is 89.2 Å². The molecule has 1 aliphatic carbocycles. The van der Waals surface area contributed by atoms with Gasteiger partial charge in [0.05, 0.1) is 6.10 Å². The van der Waals surface area contributed by atoms with Crippen LogP contribution in [0.5, 0.6) is 0 Å². The van der Waals surface area contributed by atoms with Gasteiger partial charge in [-0.2, -0.15) is 0 Å². The molecule has 3 N–H and O–H groups in total. The molecule has 0 saturated heterocycles. The second-order valence-electron chi connectivity index (χ2n) is 4.01. The Morgan fingerprint density at radius 1 is 1.33 bits per heavy atom. The first-order chi connectivity index (χ1) is 7.09. The van der Waals surface area contributed by atoms with Crippen LogP contribution in [0.1, 0.15) is 32.6 Å². The van der Waals surface area contributed by atoms with E-state index in [0.717, 1.165) is 25.7 Å². The topological polar surface area (TPSA) is 78.4 Å². The first-order valence-electron chi connectivity index (χ1n) is 5.36. The van der Waals surface area contributed by atoms with E-state index < -0.39 is 17.9 Å². The normalized spacial score (nSPS) is 18.5. The number of nitrogens with one attached hydrogen (secondary N) is 2. The summed E-state index contributed by atoms with van der Waals surface area (Å²) in [6, 6.07) is 0.148. The standard InChI is InChI=1S/C10H18N2O3/c1-7(13)6-11-9(14)10(15)12-8-4-2-3-5-8/h7-8,13H,2-6H2,1H3,(H,11,14)(H,12,15)/t7-/m1/s1. The van der Waals surface area contributed by atoms with Crippen LogP contribution < -0.4 is 10.6 Å². The SMILES string of the molecule is C[C@@H](O)CNC(=O)C(=O)NC1CCCC1. The van der Waals surface area contributed by atoms with Crippen LogP contribution in [0.15, 0.2) is 0 Å². The summed E-state index contributed by atoms with van der Waals surface area (Å²) in [7, 11) is 0. The van der Waals surface area contributed by atoms with E-state index in [2.05, 4.69) is 10.6 Å². The predicted octanol–water partition coefficient (Wildman–Crippen LogP) is -0.458. The van der Waals surface area contributed by atoms with Gasteiger partial charge >= 0.3 is 11.8 Å². The largest absolute Gasteiger partial charge is 0.392 e. The number of carbonyl (C=O) groups excluding carboxylic acids is 2. The third-order valence-corrected chi connectivity index (χ3v) is 2.45. The van der Waals surface area contributed by atoms with Crippen LogP contribution in [-0.4, -0.2) is 35.6 Å². The van der Waals surface area contributed by atoms with E-state index in [1.807, 2.05) is 0 Å². The highest BCUT2D eigenvalue weighted by atomic mass is 16.3. The Kier molecular flexibility index (Phi) is 4.55. The van der Waals surface area contributed by atoms with Gasteiger partial charge in [0.1, 0.15) is 0 Å². The molecule has 5 nitrogen and oxygen atoms in total. The summed E-state index contributed by atoms with van der Waals surface area (Å²) in [6.07, 6.45) is 3.50. The molecule has 0 heterocycles. The first kappa shape index (κ1) is 12.0. The fourth-order valence-corrected chi connectivity index (χ4v) is 1.64. The number of rotatable bonds is 3. The molecule has 0 aromatic carbocycles. The van der Waals surface area contributed by atoms with Crippen LogP contribution in [0, 0.1) is 0 Å². The van der Waals surface area contributed by atoms with Gasteiger partial charge in [0.2, 0.25) is 0 Å². The molecule has 5 heteroatoms. The molecule has 0 aromatic heterocycles. The Balaban J connectivity index is 2.23. The molecular weight excluding hydrogens is 196 g/mol. The van der Waals surface area contributed by atoms with Gasteiger partial charge in [0.15, 0.2) is 0 Å². The van der Waals surface area contributed by atoms with Gasteiger partial charge in [0.25, 0.3) is 0 Å². The highest BCUT2D eigenvalue weighted by molar-refractivity contribution is 6.35. The van der Waals surface area contributed by atoms with Crippen molar-refractivity contribution in [3.63, 3.8) is 0 Å². The highest BCUT2D eigenvalue weighted by Gasteiger charge is 2.21. The molecule has 0 unspecified atom stereocenters. The molecule has 0 aromatic rings. The fourth-order valence-electron chi connectivity index (χ4n) is 1.64. The molecule has 15 heavy (non-hydrogen) atoms. The number of amides is 2. The maximum atomic E-state index is 11.3. The molecule has 0 aliphatic heterocycles. The average Bonchev–Trinajstić information content (AvgIpc) is 2.66. The van der Waals surface area contributed by atoms with Crippen molar-refractivity contribution < 1.29 is 14.7 Å². The van der Waals surface area contributed by atoms with E-state index in [0.29, 0.717) is 0 Å². The molecular formula is C10H18N2O3. The minimum Gasteiger partial charge on any atom is -0.392 e. The zero-order valence-corrected chi connectivity index (χ0v) is 8.95. The van der Waals surface area contributed by atoms with Gasteiger partial charge in [-0.25, -0.2) is 0 Å². The van der Waals surface area contributed by atoms with Crippen LogP contribution in [0.25, 0.3) is 0 Å². The number of aliphatic hydroxyl groups excluding tert-OH is 1. The van der Waals surface area contributed by atoms with Crippen LogP contribution in [-0.2, 0) is 9.59 Å². The lowest BCUT2D eigenvalue weighted by Crippen LogP contribution is -2.45. The molecule has 1 saturated carbocycles. The van der Waals surface area contributed by atoms with Crippen molar-refractivity contribution >= 4 is 11.8 Å². The second kappa shape index (κ2) is 5.70. The van der Waals surface area contributed by atoms with Gasteiger partial charge in [-0.05, 0) is 19.8 Å². The molecule has 86 valence electrons. The molecule has 1 aliphatic rings. The highest BCUT2D eigenvalue weighted by Crippen LogP contribution is 2.17. The van der Waals surface area contributed by atoms with Gasteiger partial charge in [-0.1, -0.05) is 12.8 Å². The number of carbonyl (C=O) groups is 2. The van der Waals surface area contributed by atoms with Crippen LogP contribution in [0.4, 0.5) is 0 Å². The molecule has 0 bridgehead atoms. The van der Waals surface area contributed by atoms with E-state index in [-0.39, 0.29) is 12.6 Å². The van der Waals surface area contributed by atoms with Crippen molar-refractivity contribution in [1.82, 2.24) is 10.6 Å². The summed E-state index contributed by atoms with van der Waals surface area (Å²) < 4.78 is 0. The second-order valence-corrected chi connectivity index (χ2v) is 4.01. The van der Waals surface area contributed by atoms with E-state index in [9.17, 15) is 9.59 Å². The van der Waals surface area contributed by atoms with E-state index in [1.165, 1.54) is 0 Å². The zero-order valence-electron chi connectivity index (χ0n) is 8.95. The van der Waals surface area contributed by atoms with E-state index in [4.69, 9.17) is 5.11 Å². The summed E-state index contributed by atoms with van der Waals surface area (Å²) in [6.45, 7) is 1.66. The summed E-state index contributed by atoms with van der Waals surface area (Å²) in [4.78, 5) is 22.5. The van der Waals surface area contributed by atoms with Gasteiger partial charge in [-0.3, -0.25) is 9.59 Å². The molecule has 2 amide bonds. The number of hydrogen-bond donors (Lipinski definition) is 3. The summed E-state index contributed by atoms with van der Waals surface area (Å²) in [5.41, 5.74) is 0. The van der Waals surface area contributed by atoms with Crippen molar-refractivity contribution in [2.75, 3.05) is 6.54 Å². The number of hydrogen-bond acceptors (Lipinski definition) is 3. The van der Waals surface area contributed by atoms with Crippen molar-refractivity contribution in [1.29, 1.82) is 0 Å². The molecule has 0 spiro atoms. The van der Waals surface area contributed by atoms with E-state index >= 15 is 0 Å². The third-order valence-electron chi connectivity index (χ3n) is 2.45. The Morgan fingerprint density at radius 3 is 2.47 bits per heavy atom. The third kappa shape index (κ3) is 4.29. The van der Waals surface area contributed by atoms with Crippen molar-refractivity contribution in [2.45, 2.75) is 44.8 Å². The fraction of sp³-hybridized carbons (Fsp3) is 0.800. The summed E-state index contributed by atoms with van der Waals surface area (Å²) in [5, 5.41) is 13.9. The van der Waals surface area contributed by atoms with Gasteiger partial charge in [0, 0.05) is 12.6 Å². The van der Waals surface area contributed by atoms with Gasteiger partial charge < -0.3 is 15.7 Å². The molecule has 0 radical (unpaired) electrons. The lowest BCUT2D eigenvalue weighted by Gasteiger charge is -2.12. The Morgan fingerprint density at radius 2 is 1.93 bits per heavy atom. The molecule has 1 atom stereocenters.